The van der Waals surface area contributed by atoms with Crippen LogP contribution in [0.25, 0.3) is 5.76 Å². The summed E-state index contributed by atoms with van der Waals surface area (Å²) in [7, 11) is 0. The van der Waals surface area contributed by atoms with Crippen LogP contribution in [0.15, 0.2) is 42.5 Å². The number of nitrogens with one attached hydrogen (secondary N) is 1. The number of phenols is 2. The first kappa shape index (κ1) is 21.3. The van der Waals surface area contributed by atoms with Gasteiger partial charge in [-0.05, 0) is 50.2 Å². The minimum atomic E-state index is -0.0827. The zero-order valence-corrected chi connectivity index (χ0v) is 16.4. The summed E-state index contributed by atoms with van der Waals surface area (Å²) in [5, 5.41) is 22.7. The average Bonchev–Trinajstić information content (AvgIpc) is 2.65. The van der Waals surface area contributed by atoms with E-state index in [0.29, 0.717) is 47.3 Å². The molecule has 0 spiro atoms. The topological polar surface area (TPSA) is 88.0 Å². The Morgan fingerprint density at radius 3 is 2.46 bits per heavy atom. The van der Waals surface area contributed by atoms with Gasteiger partial charge in [-0.1, -0.05) is 13.8 Å². The standard InChI is InChI=1S/C22H27NO5/c1-4-21(17-10-18(25)12-19(26)11-17)28-22-13-20(7-6-16(22)14-24)27-9-5-8-23-15(2)3/h4,6-7,10-15,23,25-26H,5,8-9H2,1-3H3/b21-4-. The maximum Gasteiger partial charge on any atom is 0.153 e. The molecular weight excluding hydrogens is 358 g/mol. The van der Waals surface area contributed by atoms with E-state index < -0.39 is 0 Å². The minimum Gasteiger partial charge on any atom is -0.508 e. The molecule has 0 fully saturated rings. The monoisotopic (exact) mass is 385 g/mol. The van der Waals surface area contributed by atoms with Crippen molar-refractivity contribution in [2.24, 2.45) is 0 Å². The van der Waals surface area contributed by atoms with Crippen LogP contribution in [0.1, 0.15) is 43.1 Å². The number of allylic oxidation sites excluding steroid dienone is 1. The second-order valence-corrected chi connectivity index (χ2v) is 6.62. The van der Waals surface area contributed by atoms with Gasteiger partial charge in [0, 0.05) is 23.7 Å². The van der Waals surface area contributed by atoms with Crippen LogP contribution >= 0.6 is 0 Å². The molecule has 0 aliphatic heterocycles. The predicted molar refractivity (Wildman–Crippen MR) is 109 cm³/mol. The number of hydrogen-bond acceptors (Lipinski definition) is 6. The van der Waals surface area contributed by atoms with Crippen molar-refractivity contribution in [3.05, 3.63) is 53.6 Å². The van der Waals surface area contributed by atoms with Gasteiger partial charge >= 0.3 is 0 Å². The summed E-state index contributed by atoms with van der Waals surface area (Å²) in [6.07, 6.45) is 3.25. The number of hydrogen-bond donors (Lipinski definition) is 3. The van der Waals surface area contributed by atoms with Crippen LogP contribution in [-0.2, 0) is 0 Å². The highest BCUT2D eigenvalue weighted by Crippen LogP contribution is 2.31. The zero-order chi connectivity index (χ0) is 20.5. The number of carbonyl (C=O) groups is 1. The van der Waals surface area contributed by atoms with E-state index in [0.717, 1.165) is 13.0 Å². The number of aldehydes is 1. The first-order valence-corrected chi connectivity index (χ1v) is 9.26. The van der Waals surface area contributed by atoms with Crippen LogP contribution in [0, 0.1) is 0 Å². The smallest absolute Gasteiger partial charge is 0.153 e. The van der Waals surface area contributed by atoms with Gasteiger partial charge in [-0.15, -0.1) is 0 Å². The van der Waals surface area contributed by atoms with E-state index in [-0.39, 0.29) is 11.5 Å². The average molecular weight is 385 g/mol. The fourth-order valence-electron chi connectivity index (χ4n) is 2.58. The Morgan fingerprint density at radius 1 is 1.14 bits per heavy atom. The lowest BCUT2D eigenvalue weighted by molar-refractivity contribution is 0.112. The van der Waals surface area contributed by atoms with E-state index in [4.69, 9.17) is 9.47 Å². The Kier molecular flexibility index (Phi) is 7.89. The van der Waals surface area contributed by atoms with E-state index in [1.165, 1.54) is 18.2 Å². The lowest BCUT2D eigenvalue weighted by atomic mass is 10.1. The highest BCUT2D eigenvalue weighted by molar-refractivity contribution is 5.81. The minimum absolute atomic E-state index is 0.0827. The van der Waals surface area contributed by atoms with Crippen molar-refractivity contribution in [3.63, 3.8) is 0 Å². The van der Waals surface area contributed by atoms with Crippen molar-refractivity contribution in [2.75, 3.05) is 13.2 Å². The summed E-state index contributed by atoms with van der Waals surface area (Å²) < 4.78 is 11.6. The molecule has 28 heavy (non-hydrogen) atoms. The first-order valence-electron chi connectivity index (χ1n) is 9.26. The number of rotatable bonds is 10. The van der Waals surface area contributed by atoms with Crippen molar-refractivity contribution in [1.29, 1.82) is 0 Å². The maximum atomic E-state index is 11.4. The van der Waals surface area contributed by atoms with Gasteiger partial charge in [0.2, 0.25) is 0 Å². The SMILES string of the molecule is C/C=C(\Oc1cc(OCCCNC(C)C)ccc1C=O)c1cc(O)cc(O)c1. The van der Waals surface area contributed by atoms with Crippen LogP contribution in [0.3, 0.4) is 0 Å². The van der Waals surface area contributed by atoms with Gasteiger partial charge in [0.15, 0.2) is 6.29 Å². The van der Waals surface area contributed by atoms with Crippen LogP contribution < -0.4 is 14.8 Å². The van der Waals surface area contributed by atoms with Crippen molar-refractivity contribution in [2.45, 2.75) is 33.2 Å². The molecule has 0 aliphatic rings. The summed E-state index contributed by atoms with van der Waals surface area (Å²) in [6.45, 7) is 7.34. The zero-order valence-electron chi connectivity index (χ0n) is 16.4. The fourth-order valence-corrected chi connectivity index (χ4v) is 2.58. The summed E-state index contributed by atoms with van der Waals surface area (Å²) in [5.74, 6) is 1.16. The third kappa shape index (κ3) is 6.32. The van der Waals surface area contributed by atoms with Gasteiger partial charge in [0.1, 0.15) is 28.8 Å². The number of carbonyl (C=O) groups excluding carboxylic acids is 1. The highest BCUT2D eigenvalue weighted by Gasteiger charge is 2.12. The lowest BCUT2D eigenvalue weighted by Crippen LogP contribution is -2.24. The van der Waals surface area contributed by atoms with Crippen LogP contribution in [0.4, 0.5) is 0 Å². The van der Waals surface area contributed by atoms with Crippen molar-refractivity contribution >= 4 is 12.0 Å². The van der Waals surface area contributed by atoms with Gasteiger partial charge in [-0.2, -0.15) is 0 Å². The molecular formula is C22H27NO5. The molecule has 2 aromatic rings. The first-order chi connectivity index (χ1) is 13.4. The molecule has 3 N–H and O–H groups in total. The number of benzene rings is 2. The Balaban J connectivity index is 2.13. The van der Waals surface area contributed by atoms with E-state index >= 15 is 0 Å². The molecule has 150 valence electrons. The maximum absolute atomic E-state index is 11.4. The molecule has 0 aliphatic carbocycles. The number of phenolic OH excluding ortho intramolecular Hbond substituents is 2. The van der Waals surface area contributed by atoms with Gasteiger partial charge in [0.05, 0.1) is 12.2 Å². The molecule has 2 aromatic carbocycles. The third-order valence-corrected chi connectivity index (χ3v) is 3.92. The third-order valence-electron chi connectivity index (χ3n) is 3.92. The van der Waals surface area contributed by atoms with E-state index in [1.807, 2.05) is 0 Å². The second kappa shape index (κ2) is 10.4. The molecule has 6 nitrogen and oxygen atoms in total. The molecule has 0 bridgehead atoms. The molecule has 0 heterocycles. The van der Waals surface area contributed by atoms with Gasteiger partial charge in [-0.3, -0.25) is 4.79 Å². The fraction of sp³-hybridized carbons (Fsp3) is 0.318. The molecule has 0 saturated heterocycles. The summed E-state index contributed by atoms with van der Waals surface area (Å²) in [4.78, 5) is 11.4. The highest BCUT2D eigenvalue weighted by atomic mass is 16.5. The molecule has 0 aromatic heterocycles. The molecule has 0 atom stereocenters. The molecule has 0 radical (unpaired) electrons. The van der Waals surface area contributed by atoms with Crippen molar-refractivity contribution in [3.8, 4) is 23.0 Å². The van der Waals surface area contributed by atoms with Gasteiger partial charge in [0.25, 0.3) is 0 Å². The van der Waals surface area contributed by atoms with Crippen LogP contribution in [0.2, 0.25) is 0 Å². The number of aromatic hydroxyl groups is 2. The lowest BCUT2D eigenvalue weighted by Gasteiger charge is -2.14. The molecule has 6 heteroatoms. The number of ether oxygens (including phenoxy) is 2. The Morgan fingerprint density at radius 2 is 1.86 bits per heavy atom. The summed E-state index contributed by atoms with van der Waals surface area (Å²) >= 11 is 0. The quantitative estimate of drug-likeness (QED) is 0.324. The van der Waals surface area contributed by atoms with Gasteiger partial charge in [-0.25, -0.2) is 0 Å². The molecule has 2 rings (SSSR count). The Bertz CT molecular complexity index is 809. The molecule has 0 saturated carbocycles. The molecule has 0 amide bonds. The van der Waals surface area contributed by atoms with Crippen LogP contribution in [0.5, 0.6) is 23.0 Å². The summed E-state index contributed by atoms with van der Waals surface area (Å²) in [5.41, 5.74) is 0.862. The Hall–Kier alpha value is -2.99. The van der Waals surface area contributed by atoms with Gasteiger partial charge < -0.3 is 25.0 Å². The summed E-state index contributed by atoms with van der Waals surface area (Å²) in [6, 6.07) is 9.62. The van der Waals surface area contributed by atoms with Crippen molar-refractivity contribution in [1.82, 2.24) is 5.32 Å². The van der Waals surface area contributed by atoms with E-state index in [1.54, 1.807) is 31.2 Å². The predicted octanol–water partition coefficient (Wildman–Crippen LogP) is 4.12. The second-order valence-electron chi connectivity index (χ2n) is 6.62. The van der Waals surface area contributed by atoms with Crippen LogP contribution in [-0.4, -0.2) is 35.7 Å². The normalized spacial score (nSPS) is 11.5. The largest absolute Gasteiger partial charge is 0.508 e. The molecule has 0 unspecified atom stereocenters. The van der Waals surface area contributed by atoms with Crippen molar-refractivity contribution < 1.29 is 24.5 Å². The van der Waals surface area contributed by atoms with E-state index in [2.05, 4.69) is 19.2 Å². The van der Waals surface area contributed by atoms with E-state index in [9.17, 15) is 15.0 Å². The Labute approximate surface area is 165 Å².